The number of aromatic nitrogens is 2. The number of fused-ring (bicyclic) bond motifs is 2. The van der Waals surface area contributed by atoms with Gasteiger partial charge in [-0.2, -0.15) is 4.98 Å². The highest BCUT2D eigenvalue weighted by Gasteiger charge is 2.48. The molecule has 1 aliphatic heterocycles. The van der Waals surface area contributed by atoms with Crippen LogP contribution in [0.2, 0.25) is 0 Å². The van der Waals surface area contributed by atoms with Crippen LogP contribution in [-0.4, -0.2) is 45.8 Å². The number of benzene rings is 2. The molecule has 1 amide bonds. The Morgan fingerprint density at radius 1 is 1.21 bits per heavy atom. The van der Waals surface area contributed by atoms with Gasteiger partial charge in [-0.15, -0.1) is 0 Å². The Labute approximate surface area is 169 Å². The summed E-state index contributed by atoms with van der Waals surface area (Å²) < 4.78 is 5.54. The van der Waals surface area contributed by atoms with Crippen molar-refractivity contribution in [1.82, 2.24) is 15.0 Å². The van der Waals surface area contributed by atoms with E-state index in [1.807, 2.05) is 43.3 Å². The van der Waals surface area contributed by atoms with Gasteiger partial charge in [0, 0.05) is 36.1 Å². The van der Waals surface area contributed by atoms with E-state index in [2.05, 4.69) is 16.2 Å². The Kier molecular flexibility index (Phi) is 4.24. The average molecular weight is 389 g/mol. The maximum atomic E-state index is 12.4. The molecule has 1 fully saturated rings. The highest BCUT2D eigenvalue weighted by Crippen LogP contribution is 2.48. The zero-order valence-corrected chi connectivity index (χ0v) is 16.4. The number of amides is 1. The minimum atomic E-state index is -0.166. The highest BCUT2D eigenvalue weighted by molar-refractivity contribution is 5.82. The monoisotopic (exact) mass is 389 g/mol. The summed E-state index contributed by atoms with van der Waals surface area (Å²) in [4.78, 5) is 18.9. The zero-order chi connectivity index (χ0) is 20.0. The number of likely N-dealkylation sites (tertiary alicyclic amines) is 1. The van der Waals surface area contributed by atoms with E-state index in [0.29, 0.717) is 31.2 Å². The molecule has 6 heteroatoms. The predicted octanol–water partition coefficient (Wildman–Crippen LogP) is 3.12. The lowest BCUT2D eigenvalue weighted by atomic mass is 9.80. The number of aliphatic hydroxyl groups is 1. The summed E-state index contributed by atoms with van der Waals surface area (Å²) in [7, 11) is 0. The lowest BCUT2D eigenvalue weighted by Crippen LogP contribution is -2.32. The first-order valence-electron chi connectivity index (χ1n) is 10.0. The number of aliphatic hydroxyl groups excluding tert-OH is 1. The quantitative estimate of drug-likeness (QED) is 0.742. The molecule has 1 spiro atoms. The third-order valence-corrected chi connectivity index (χ3v) is 6.27. The molecular formula is C23H23N3O3. The van der Waals surface area contributed by atoms with Crippen molar-refractivity contribution in [2.75, 3.05) is 19.7 Å². The number of carbonyl (C=O) groups excluding carboxylic acids is 1. The van der Waals surface area contributed by atoms with E-state index in [0.717, 1.165) is 24.0 Å². The molecule has 3 aromatic rings. The molecule has 1 aromatic heterocycles. The van der Waals surface area contributed by atoms with Crippen molar-refractivity contribution < 1.29 is 14.4 Å². The lowest BCUT2D eigenvalue weighted by molar-refractivity contribution is -0.128. The minimum absolute atomic E-state index is 0.000631. The fourth-order valence-electron chi connectivity index (χ4n) is 4.79. The molecule has 29 heavy (non-hydrogen) atoms. The van der Waals surface area contributed by atoms with Crippen LogP contribution in [0.5, 0.6) is 0 Å². The molecule has 6 nitrogen and oxygen atoms in total. The van der Waals surface area contributed by atoms with Crippen LogP contribution in [-0.2, 0) is 16.6 Å². The van der Waals surface area contributed by atoms with Crippen LogP contribution < -0.4 is 0 Å². The fraction of sp³-hybridized carbons (Fsp3) is 0.348. The first-order valence-corrected chi connectivity index (χ1v) is 10.0. The molecule has 2 aliphatic rings. The summed E-state index contributed by atoms with van der Waals surface area (Å²) in [6, 6.07) is 14.2. The van der Waals surface area contributed by atoms with Crippen LogP contribution in [0, 0.1) is 6.92 Å². The van der Waals surface area contributed by atoms with Crippen molar-refractivity contribution >= 4 is 5.91 Å². The summed E-state index contributed by atoms with van der Waals surface area (Å²) in [6.45, 7) is 3.12. The smallest absolute Gasteiger partial charge is 0.258 e. The van der Waals surface area contributed by atoms with E-state index < -0.39 is 0 Å². The molecule has 2 heterocycles. The van der Waals surface area contributed by atoms with E-state index in [9.17, 15) is 9.90 Å². The van der Waals surface area contributed by atoms with Crippen LogP contribution in [0.1, 0.15) is 29.5 Å². The van der Waals surface area contributed by atoms with Gasteiger partial charge in [0.1, 0.15) is 0 Å². The van der Waals surface area contributed by atoms with Crippen molar-refractivity contribution in [2.24, 2.45) is 0 Å². The first kappa shape index (κ1) is 18.1. The molecule has 148 valence electrons. The largest absolute Gasteiger partial charge is 0.395 e. The average Bonchev–Trinajstić information content (AvgIpc) is 3.42. The number of rotatable bonds is 4. The Balaban J connectivity index is 1.50. The number of nitrogens with zero attached hydrogens (tertiary/aromatic N) is 3. The van der Waals surface area contributed by atoms with Gasteiger partial charge in [0.25, 0.3) is 5.89 Å². The molecule has 1 N–H and O–H groups in total. The third-order valence-electron chi connectivity index (χ3n) is 6.27. The van der Waals surface area contributed by atoms with Crippen molar-refractivity contribution in [3.05, 3.63) is 59.2 Å². The van der Waals surface area contributed by atoms with E-state index in [-0.39, 0.29) is 17.9 Å². The van der Waals surface area contributed by atoms with E-state index in [1.165, 1.54) is 16.7 Å². The molecule has 1 aliphatic carbocycles. The number of carbonyl (C=O) groups is 1. The second-order valence-corrected chi connectivity index (χ2v) is 8.12. The Morgan fingerprint density at radius 3 is 2.83 bits per heavy atom. The predicted molar refractivity (Wildman–Crippen MR) is 108 cm³/mol. The van der Waals surface area contributed by atoms with Crippen LogP contribution >= 0.6 is 0 Å². The Morgan fingerprint density at radius 2 is 2.03 bits per heavy atom. The molecule has 0 unspecified atom stereocenters. The molecule has 0 saturated carbocycles. The van der Waals surface area contributed by atoms with E-state index in [4.69, 9.17) is 4.52 Å². The highest BCUT2D eigenvalue weighted by atomic mass is 16.5. The number of hydrogen-bond donors (Lipinski definition) is 1. The SMILES string of the molecule is Cc1ccc(-c2nc(-c3cccc4c3CC[C@]43CC(=O)N(CCO)C3)no2)cc1. The molecule has 0 radical (unpaired) electrons. The summed E-state index contributed by atoms with van der Waals surface area (Å²) in [5.74, 6) is 1.22. The standard InChI is InChI=1S/C23H23N3O3/c1-15-5-7-16(8-6-15)22-24-21(25-29-22)18-3-2-4-19-17(18)9-10-23(19)13-20(28)26(14-23)11-12-27/h2-8,27H,9-14H2,1H3/t23-/m1/s1. The second kappa shape index (κ2) is 6.81. The second-order valence-electron chi connectivity index (χ2n) is 8.12. The molecule has 5 rings (SSSR count). The lowest BCUT2D eigenvalue weighted by Gasteiger charge is -2.24. The maximum absolute atomic E-state index is 12.4. The molecular weight excluding hydrogens is 366 g/mol. The van der Waals surface area contributed by atoms with Gasteiger partial charge in [0.15, 0.2) is 0 Å². The van der Waals surface area contributed by atoms with Gasteiger partial charge in [-0.05, 0) is 43.0 Å². The number of hydrogen-bond acceptors (Lipinski definition) is 5. The molecule has 2 aromatic carbocycles. The van der Waals surface area contributed by atoms with Crippen molar-refractivity contribution in [2.45, 2.75) is 31.6 Å². The van der Waals surface area contributed by atoms with Gasteiger partial charge < -0.3 is 14.5 Å². The first-order chi connectivity index (χ1) is 14.1. The molecule has 1 saturated heterocycles. The van der Waals surface area contributed by atoms with Gasteiger partial charge in [0.2, 0.25) is 11.7 Å². The fourth-order valence-corrected chi connectivity index (χ4v) is 4.79. The Bertz CT molecular complexity index is 1070. The maximum Gasteiger partial charge on any atom is 0.258 e. The summed E-state index contributed by atoms with van der Waals surface area (Å²) in [5.41, 5.74) is 5.32. The van der Waals surface area contributed by atoms with Crippen molar-refractivity contribution in [1.29, 1.82) is 0 Å². The van der Waals surface area contributed by atoms with Gasteiger partial charge in [-0.1, -0.05) is 41.1 Å². The van der Waals surface area contributed by atoms with Crippen molar-refractivity contribution in [3.8, 4) is 22.8 Å². The van der Waals surface area contributed by atoms with Crippen LogP contribution in [0.15, 0.2) is 47.0 Å². The summed E-state index contributed by atoms with van der Waals surface area (Å²) in [6.07, 6.45) is 2.32. The van der Waals surface area contributed by atoms with Crippen LogP contribution in [0.4, 0.5) is 0 Å². The Hall–Kier alpha value is -2.99. The molecule has 0 bridgehead atoms. The van der Waals surface area contributed by atoms with E-state index >= 15 is 0 Å². The summed E-state index contributed by atoms with van der Waals surface area (Å²) in [5, 5.41) is 13.5. The normalized spacial score (nSPS) is 20.6. The topological polar surface area (TPSA) is 79.5 Å². The zero-order valence-electron chi connectivity index (χ0n) is 16.4. The third kappa shape index (κ3) is 2.95. The van der Waals surface area contributed by atoms with Gasteiger partial charge in [-0.3, -0.25) is 4.79 Å². The molecule has 1 atom stereocenters. The minimum Gasteiger partial charge on any atom is -0.395 e. The van der Waals surface area contributed by atoms with E-state index in [1.54, 1.807) is 4.90 Å². The number of aryl methyl sites for hydroxylation is 1. The van der Waals surface area contributed by atoms with Crippen LogP contribution in [0.3, 0.4) is 0 Å². The number of β-amino-alcohol motifs (C(OH)–C–C–N with tert-alkyl or cyclic N) is 1. The van der Waals surface area contributed by atoms with Gasteiger partial charge >= 0.3 is 0 Å². The summed E-state index contributed by atoms with van der Waals surface area (Å²) >= 11 is 0. The van der Waals surface area contributed by atoms with Gasteiger partial charge in [0.05, 0.1) is 6.61 Å². The van der Waals surface area contributed by atoms with Crippen LogP contribution in [0.25, 0.3) is 22.8 Å². The van der Waals surface area contributed by atoms with Crippen molar-refractivity contribution in [3.63, 3.8) is 0 Å². The van der Waals surface area contributed by atoms with Gasteiger partial charge in [-0.25, -0.2) is 0 Å².